The van der Waals surface area contributed by atoms with Crippen LogP contribution < -0.4 is 20.4 Å². The van der Waals surface area contributed by atoms with Crippen LogP contribution in [0.5, 0.6) is 5.75 Å². The van der Waals surface area contributed by atoms with E-state index in [1.165, 1.54) is 7.11 Å². The van der Waals surface area contributed by atoms with Gasteiger partial charge in [-0.15, -0.1) is 0 Å². The van der Waals surface area contributed by atoms with E-state index in [0.29, 0.717) is 30.8 Å². The Morgan fingerprint density at radius 1 is 1.31 bits per heavy atom. The molecule has 1 aliphatic heterocycles. The highest BCUT2D eigenvalue weighted by Crippen LogP contribution is 2.52. The molecule has 0 bridgehead atoms. The van der Waals surface area contributed by atoms with Crippen molar-refractivity contribution < 1.29 is 19.0 Å². The Balaban J connectivity index is 1.96. The molecule has 9 heteroatoms. The molecule has 3 aliphatic rings. The Morgan fingerprint density at radius 2 is 2.03 bits per heavy atom. The van der Waals surface area contributed by atoms with Crippen molar-refractivity contribution in [2.45, 2.75) is 50.6 Å². The molecule has 32 heavy (non-hydrogen) atoms. The van der Waals surface area contributed by atoms with Gasteiger partial charge in [-0.2, -0.15) is 0 Å². The molecule has 2 aromatic rings. The third kappa shape index (κ3) is 3.09. The van der Waals surface area contributed by atoms with E-state index in [4.69, 9.17) is 4.74 Å². The second-order valence-electron chi connectivity index (χ2n) is 9.00. The molecule has 3 fully saturated rings. The number of halogens is 1. The van der Waals surface area contributed by atoms with Gasteiger partial charge in [0.25, 0.3) is 0 Å². The fourth-order valence-electron chi connectivity index (χ4n) is 5.02. The SMILES string of the molecule is C=Nc1c(F)c(N2CCNC(C)C2)c(OC)c2c1c(=O)c(C(=O)O)c(C1CC1)n2C1CC1. The van der Waals surface area contributed by atoms with Crippen LogP contribution >= 0.6 is 0 Å². The van der Waals surface area contributed by atoms with Crippen molar-refractivity contribution in [1.29, 1.82) is 0 Å². The maximum absolute atomic E-state index is 15.9. The standard InChI is InChI=1S/C23H27FN4O4/c1-11-10-27(9-8-26-11)20-16(24)17(25-2)14-19(22(20)32-3)28(13-6-7-13)18(12-4-5-12)15(21(14)29)23(30)31/h11-13,26H,2,4-10H2,1,3H3,(H,30,31). The Kier molecular flexibility index (Phi) is 4.96. The largest absolute Gasteiger partial charge is 0.492 e. The van der Waals surface area contributed by atoms with E-state index in [1.807, 2.05) is 16.4 Å². The zero-order chi connectivity index (χ0) is 22.7. The molecule has 2 N–H and O–H groups in total. The summed E-state index contributed by atoms with van der Waals surface area (Å²) in [6.07, 6.45) is 3.40. The lowest BCUT2D eigenvalue weighted by Crippen LogP contribution is -2.49. The van der Waals surface area contributed by atoms with Gasteiger partial charge in [-0.05, 0) is 39.3 Å². The van der Waals surface area contributed by atoms with Crippen molar-refractivity contribution in [3.63, 3.8) is 0 Å². The average molecular weight is 442 g/mol. The minimum Gasteiger partial charge on any atom is -0.492 e. The fourth-order valence-corrected chi connectivity index (χ4v) is 5.02. The van der Waals surface area contributed by atoms with Crippen LogP contribution in [0.15, 0.2) is 9.79 Å². The molecule has 1 saturated heterocycles. The van der Waals surface area contributed by atoms with E-state index in [0.717, 1.165) is 25.7 Å². The minimum atomic E-state index is -1.29. The number of pyridine rings is 1. The number of hydrogen-bond donors (Lipinski definition) is 2. The van der Waals surface area contributed by atoms with E-state index in [1.54, 1.807) is 0 Å². The van der Waals surface area contributed by atoms with E-state index >= 15 is 4.39 Å². The Labute approximate surface area is 184 Å². The summed E-state index contributed by atoms with van der Waals surface area (Å²) in [5, 5.41) is 13.2. The highest BCUT2D eigenvalue weighted by molar-refractivity contribution is 6.04. The molecule has 1 atom stereocenters. The van der Waals surface area contributed by atoms with Crippen molar-refractivity contribution in [3.8, 4) is 5.75 Å². The number of aliphatic imine (C=N–C) groups is 1. The fraction of sp³-hybridized carbons (Fsp3) is 0.522. The summed E-state index contributed by atoms with van der Waals surface area (Å²) in [6.45, 7) is 7.35. The maximum atomic E-state index is 15.9. The Bertz CT molecular complexity index is 1200. The first-order valence-corrected chi connectivity index (χ1v) is 11.1. The Hall–Kier alpha value is -2.94. The van der Waals surface area contributed by atoms with Crippen LogP contribution in [0.25, 0.3) is 10.9 Å². The molecule has 0 amide bonds. The van der Waals surface area contributed by atoms with Gasteiger partial charge in [0.1, 0.15) is 16.9 Å². The summed E-state index contributed by atoms with van der Waals surface area (Å²) in [5.41, 5.74) is 0.0440. The van der Waals surface area contributed by atoms with Gasteiger partial charge in [-0.25, -0.2) is 9.18 Å². The number of nitrogens with one attached hydrogen (secondary N) is 1. The molecular weight excluding hydrogens is 415 g/mol. The molecule has 0 radical (unpaired) electrons. The zero-order valence-electron chi connectivity index (χ0n) is 18.3. The molecular formula is C23H27FN4O4. The number of rotatable bonds is 6. The van der Waals surface area contributed by atoms with Crippen LogP contribution in [-0.2, 0) is 0 Å². The number of benzene rings is 1. The van der Waals surface area contributed by atoms with Crippen LogP contribution in [-0.4, -0.2) is 55.1 Å². The first-order chi connectivity index (χ1) is 15.4. The predicted molar refractivity (Wildman–Crippen MR) is 121 cm³/mol. The van der Waals surface area contributed by atoms with Crippen molar-refractivity contribution in [1.82, 2.24) is 9.88 Å². The number of anilines is 1. The third-order valence-electron chi connectivity index (χ3n) is 6.67. The molecule has 1 aromatic carbocycles. The molecule has 1 unspecified atom stereocenters. The summed E-state index contributed by atoms with van der Waals surface area (Å²) < 4.78 is 23.7. The van der Waals surface area contributed by atoms with E-state index in [-0.39, 0.29) is 46.1 Å². The van der Waals surface area contributed by atoms with Gasteiger partial charge in [-0.3, -0.25) is 9.79 Å². The third-order valence-corrected chi connectivity index (χ3v) is 6.67. The van der Waals surface area contributed by atoms with Gasteiger partial charge >= 0.3 is 5.97 Å². The molecule has 2 aliphatic carbocycles. The number of ether oxygens (including phenoxy) is 1. The number of nitrogens with zero attached hydrogens (tertiary/aromatic N) is 3. The molecule has 2 heterocycles. The first-order valence-electron chi connectivity index (χ1n) is 11.1. The number of fused-ring (bicyclic) bond motifs is 1. The molecule has 2 saturated carbocycles. The number of aromatic nitrogens is 1. The lowest BCUT2D eigenvalue weighted by molar-refractivity contribution is 0.0693. The second-order valence-corrected chi connectivity index (χ2v) is 9.00. The summed E-state index contributed by atoms with van der Waals surface area (Å²) in [6, 6.07) is 0.198. The number of carbonyl (C=O) groups is 1. The maximum Gasteiger partial charge on any atom is 0.341 e. The number of piperazine rings is 1. The van der Waals surface area contributed by atoms with Crippen LogP contribution in [0, 0.1) is 5.82 Å². The average Bonchev–Trinajstić information content (AvgIpc) is 3.66. The summed E-state index contributed by atoms with van der Waals surface area (Å²) in [5.74, 6) is -1.71. The number of methoxy groups -OCH3 is 1. The Morgan fingerprint density at radius 3 is 2.56 bits per heavy atom. The van der Waals surface area contributed by atoms with E-state index in [2.05, 4.69) is 17.0 Å². The molecule has 170 valence electrons. The number of carboxylic acid groups (broad SMARTS) is 1. The van der Waals surface area contributed by atoms with Crippen LogP contribution in [0.2, 0.25) is 0 Å². The summed E-state index contributed by atoms with van der Waals surface area (Å²) in [4.78, 5) is 31.5. The summed E-state index contributed by atoms with van der Waals surface area (Å²) in [7, 11) is 1.47. The van der Waals surface area contributed by atoms with Gasteiger partial charge in [-0.1, -0.05) is 0 Å². The van der Waals surface area contributed by atoms with Gasteiger partial charge in [0.2, 0.25) is 5.43 Å². The first kappa shape index (κ1) is 20.9. The lowest BCUT2D eigenvalue weighted by Gasteiger charge is -2.35. The summed E-state index contributed by atoms with van der Waals surface area (Å²) >= 11 is 0. The molecule has 0 spiro atoms. The lowest BCUT2D eigenvalue weighted by atomic mass is 10.00. The number of carboxylic acids is 1. The smallest absolute Gasteiger partial charge is 0.341 e. The minimum absolute atomic E-state index is 0.0105. The molecule has 1 aromatic heterocycles. The monoisotopic (exact) mass is 442 g/mol. The van der Waals surface area contributed by atoms with Gasteiger partial charge in [0.05, 0.1) is 18.0 Å². The highest BCUT2D eigenvalue weighted by Gasteiger charge is 2.41. The van der Waals surface area contributed by atoms with Crippen molar-refractivity contribution in [3.05, 3.63) is 27.3 Å². The number of hydrogen-bond acceptors (Lipinski definition) is 6. The van der Waals surface area contributed by atoms with Crippen molar-refractivity contribution in [2.24, 2.45) is 4.99 Å². The quantitative estimate of drug-likeness (QED) is 0.667. The van der Waals surface area contributed by atoms with Crippen LogP contribution in [0.3, 0.4) is 0 Å². The van der Waals surface area contributed by atoms with Gasteiger partial charge in [0.15, 0.2) is 11.6 Å². The normalized spacial score (nSPS) is 21.1. The number of aromatic carboxylic acids is 1. The topological polar surface area (TPSA) is 96.2 Å². The zero-order valence-corrected chi connectivity index (χ0v) is 18.3. The van der Waals surface area contributed by atoms with Crippen molar-refractivity contribution >= 4 is 35.0 Å². The highest BCUT2D eigenvalue weighted by atomic mass is 19.1. The van der Waals surface area contributed by atoms with Crippen LogP contribution in [0.4, 0.5) is 15.8 Å². The molecule has 8 nitrogen and oxygen atoms in total. The molecule has 5 rings (SSSR count). The van der Waals surface area contributed by atoms with Crippen molar-refractivity contribution in [2.75, 3.05) is 31.6 Å². The van der Waals surface area contributed by atoms with Crippen LogP contribution in [0.1, 0.15) is 60.6 Å². The second kappa shape index (κ2) is 7.58. The van der Waals surface area contributed by atoms with Gasteiger partial charge < -0.3 is 24.6 Å². The van der Waals surface area contributed by atoms with Gasteiger partial charge in [0, 0.05) is 43.3 Å². The predicted octanol–water partition coefficient (Wildman–Crippen LogP) is 3.19. The van der Waals surface area contributed by atoms with E-state index < -0.39 is 17.2 Å². The van der Waals surface area contributed by atoms with E-state index in [9.17, 15) is 14.7 Å².